The molecular formula is C16H18N2O3. The summed E-state index contributed by atoms with van der Waals surface area (Å²) in [6.45, 7) is 5.22. The molecule has 21 heavy (non-hydrogen) atoms. The molecule has 1 aliphatic rings. The van der Waals surface area contributed by atoms with E-state index in [0.717, 1.165) is 23.2 Å². The minimum Gasteiger partial charge on any atom is -0.478 e. The van der Waals surface area contributed by atoms with Crippen molar-refractivity contribution in [3.05, 3.63) is 46.8 Å². The molecule has 0 aliphatic carbocycles. The fraction of sp³-hybridized carbons (Fsp3) is 0.375. The maximum Gasteiger partial charge on any atom is 0.339 e. The lowest BCUT2D eigenvalue weighted by molar-refractivity contribution is 0.0695. The molecule has 1 saturated heterocycles. The largest absolute Gasteiger partial charge is 0.478 e. The molecule has 5 heteroatoms. The van der Waals surface area contributed by atoms with Crippen LogP contribution >= 0.6 is 0 Å². The standard InChI is InChI=1S/C16H18N2O3/c1-10-3-4-11(2)14(7-10)18-8-13(16(19)20)15(17-18)12-5-6-21-9-12/h3-4,7-8,12H,5-6,9H2,1-2H3,(H,19,20). The first-order valence-electron chi connectivity index (χ1n) is 7.04. The Balaban J connectivity index is 2.09. The van der Waals surface area contributed by atoms with E-state index in [1.165, 1.54) is 0 Å². The molecule has 2 aromatic rings. The van der Waals surface area contributed by atoms with Crippen LogP contribution in [0.3, 0.4) is 0 Å². The van der Waals surface area contributed by atoms with Crippen LogP contribution in [0, 0.1) is 13.8 Å². The number of rotatable bonds is 3. The quantitative estimate of drug-likeness (QED) is 0.942. The van der Waals surface area contributed by atoms with Crippen molar-refractivity contribution in [2.75, 3.05) is 13.2 Å². The zero-order chi connectivity index (χ0) is 15.0. The Labute approximate surface area is 123 Å². The molecule has 1 atom stereocenters. The lowest BCUT2D eigenvalue weighted by atomic mass is 10.0. The van der Waals surface area contributed by atoms with Crippen molar-refractivity contribution >= 4 is 5.97 Å². The maximum absolute atomic E-state index is 11.5. The van der Waals surface area contributed by atoms with E-state index in [1.807, 2.05) is 32.0 Å². The molecule has 1 N–H and O–H groups in total. The Hall–Kier alpha value is -2.14. The second-order valence-electron chi connectivity index (χ2n) is 5.53. The number of carboxylic acid groups (broad SMARTS) is 1. The molecule has 0 amide bonds. The van der Waals surface area contributed by atoms with Gasteiger partial charge in [0, 0.05) is 18.7 Å². The number of benzene rings is 1. The SMILES string of the molecule is Cc1ccc(C)c(-n2cc(C(=O)O)c(C3CCOC3)n2)c1. The summed E-state index contributed by atoms with van der Waals surface area (Å²) in [7, 11) is 0. The van der Waals surface area contributed by atoms with Gasteiger partial charge in [-0.2, -0.15) is 5.10 Å². The zero-order valence-corrected chi connectivity index (χ0v) is 12.2. The summed E-state index contributed by atoms with van der Waals surface area (Å²) in [6, 6.07) is 6.07. The van der Waals surface area contributed by atoms with E-state index in [0.29, 0.717) is 18.9 Å². The summed E-state index contributed by atoms with van der Waals surface area (Å²) in [5.74, 6) is -0.865. The number of aryl methyl sites for hydroxylation is 2. The molecule has 5 nitrogen and oxygen atoms in total. The predicted molar refractivity (Wildman–Crippen MR) is 78.2 cm³/mol. The first kappa shape index (κ1) is 13.8. The Morgan fingerprint density at radius 2 is 2.24 bits per heavy atom. The zero-order valence-electron chi connectivity index (χ0n) is 12.2. The van der Waals surface area contributed by atoms with Gasteiger partial charge in [-0.15, -0.1) is 0 Å². The minimum atomic E-state index is -0.937. The molecule has 110 valence electrons. The second kappa shape index (κ2) is 5.33. The molecule has 0 saturated carbocycles. The van der Waals surface area contributed by atoms with Gasteiger partial charge in [-0.1, -0.05) is 12.1 Å². The van der Waals surface area contributed by atoms with Crippen LogP contribution in [-0.4, -0.2) is 34.1 Å². The van der Waals surface area contributed by atoms with Gasteiger partial charge in [-0.05, 0) is 37.5 Å². The van der Waals surface area contributed by atoms with Crippen LogP contribution in [0.1, 0.15) is 39.5 Å². The highest BCUT2D eigenvalue weighted by atomic mass is 16.5. The monoisotopic (exact) mass is 286 g/mol. The molecular weight excluding hydrogens is 268 g/mol. The maximum atomic E-state index is 11.5. The molecule has 1 aromatic heterocycles. The van der Waals surface area contributed by atoms with Crippen molar-refractivity contribution in [2.24, 2.45) is 0 Å². The summed E-state index contributed by atoms with van der Waals surface area (Å²) in [6.07, 6.45) is 2.43. The van der Waals surface area contributed by atoms with Gasteiger partial charge in [0.2, 0.25) is 0 Å². The predicted octanol–water partition coefficient (Wildman–Crippen LogP) is 2.69. The lowest BCUT2D eigenvalue weighted by Gasteiger charge is -2.07. The van der Waals surface area contributed by atoms with Crippen molar-refractivity contribution < 1.29 is 14.6 Å². The number of nitrogens with zero attached hydrogens (tertiary/aromatic N) is 2. The number of aromatic nitrogens is 2. The minimum absolute atomic E-state index is 0.0717. The highest BCUT2D eigenvalue weighted by Gasteiger charge is 2.27. The Bertz CT molecular complexity index is 685. The van der Waals surface area contributed by atoms with Crippen LogP contribution in [0.15, 0.2) is 24.4 Å². The second-order valence-corrected chi connectivity index (χ2v) is 5.53. The third-order valence-electron chi connectivity index (χ3n) is 3.90. The number of carboxylic acids is 1. The van der Waals surface area contributed by atoms with E-state index in [9.17, 15) is 9.90 Å². The molecule has 0 spiro atoms. The van der Waals surface area contributed by atoms with Gasteiger partial charge in [0.05, 0.1) is 18.0 Å². The average molecular weight is 286 g/mol. The van der Waals surface area contributed by atoms with Gasteiger partial charge in [-0.3, -0.25) is 0 Å². The van der Waals surface area contributed by atoms with Crippen LogP contribution in [0.4, 0.5) is 0 Å². The molecule has 1 fully saturated rings. The van der Waals surface area contributed by atoms with Crippen molar-refractivity contribution in [3.63, 3.8) is 0 Å². The smallest absolute Gasteiger partial charge is 0.339 e. The highest BCUT2D eigenvalue weighted by Crippen LogP contribution is 2.28. The van der Waals surface area contributed by atoms with E-state index in [2.05, 4.69) is 5.10 Å². The van der Waals surface area contributed by atoms with E-state index >= 15 is 0 Å². The number of hydrogen-bond acceptors (Lipinski definition) is 3. The van der Waals surface area contributed by atoms with Crippen molar-refractivity contribution in [2.45, 2.75) is 26.2 Å². The number of aromatic carboxylic acids is 1. The first-order valence-corrected chi connectivity index (χ1v) is 7.04. The molecule has 2 heterocycles. The molecule has 0 radical (unpaired) electrons. The third kappa shape index (κ3) is 2.56. The van der Waals surface area contributed by atoms with Crippen LogP contribution in [0.5, 0.6) is 0 Å². The number of hydrogen-bond donors (Lipinski definition) is 1. The molecule has 1 aliphatic heterocycles. The summed E-state index contributed by atoms with van der Waals surface area (Å²) < 4.78 is 7.04. The number of carbonyl (C=O) groups is 1. The molecule has 3 rings (SSSR count). The van der Waals surface area contributed by atoms with Crippen LogP contribution in [0.25, 0.3) is 5.69 Å². The molecule has 0 bridgehead atoms. The molecule has 1 aromatic carbocycles. The van der Waals surface area contributed by atoms with Crippen molar-refractivity contribution in [3.8, 4) is 5.69 Å². The first-order chi connectivity index (χ1) is 10.1. The van der Waals surface area contributed by atoms with Gasteiger partial charge in [0.25, 0.3) is 0 Å². The fourth-order valence-electron chi connectivity index (χ4n) is 2.69. The lowest BCUT2D eigenvalue weighted by Crippen LogP contribution is -2.06. The van der Waals surface area contributed by atoms with Gasteiger partial charge in [0.1, 0.15) is 5.56 Å². The van der Waals surface area contributed by atoms with Crippen molar-refractivity contribution in [1.29, 1.82) is 0 Å². The Morgan fingerprint density at radius 1 is 1.43 bits per heavy atom. The fourth-order valence-corrected chi connectivity index (χ4v) is 2.69. The number of ether oxygens (including phenoxy) is 1. The van der Waals surface area contributed by atoms with Gasteiger partial charge >= 0.3 is 5.97 Å². The van der Waals surface area contributed by atoms with Crippen molar-refractivity contribution in [1.82, 2.24) is 9.78 Å². The third-order valence-corrected chi connectivity index (χ3v) is 3.90. The van der Waals surface area contributed by atoms with Gasteiger partial charge < -0.3 is 9.84 Å². The summed E-state index contributed by atoms with van der Waals surface area (Å²) in [5.41, 5.74) is 4.00. The molecule has 1 unspecified atom stereocenters. The van der Waals surface area contributed by atoms with E-state index < -0.39 is 5.97 Å². The van der Waals surface area contributed by atoms with Crippen LogP contribution < -0.4 is 0 Å². The van der Waals surface area contributed by atoms with Crippen LogP contribution in [0.2, 0.25) is 0 Å². The van der Waals surface area contributed by atoms with E-state index in [-0.39, 0.29) is 11.5 Å². The van der Waals surface area contributed by atoms with Gasteiger partial charge in [0.15, 0.2) is 0 Å². The summed E-state index contributed by atoms with van der Waals surface area (Å²) in [5, 5.41) is 14.0. The summed E-state index contributed by atoms with van der Waals surface area (Å²) in [4.78, 5) is 11.5. The Kier molecular flexibility index (Phi) is 3.51. The highest BCUT2D eigenvalue weighted by molar-refractivity contribution is 5.89. The van der Waals surface area contributed by atoms with Gasteiger partial charge in [-0.25, -0.2) is 9.48 Å². The average Bonchev–Trinajstić information content (AvgIpc) is 3.09. The van der Waals surface area contributed by atoms with E-state index in [4.69, 9.17) is 4.74 Å². The van der Waals surface area contributed by atoms with Crippen LogP contribution in [-0.2, 0) is 4.74 Å². The Morgan fingerprint density at radius 3 is 2.90 bits per heavy atom. The normalized spacial score (nSPS) is 18.1. The summed E-state index contributed by atoms with van der Waals surface area (Å²) >= 11 is 0. The topological polar surface area (TPSA) is 64.4 Å². The van der Waals surface area contributed by atoms with E-state index in [1.54, 1.807) is 10.9 Å².